The first-order valence-corrected chi connectivity index (χ1v) is 11.3. The lowest BCUT2D eigenvalue weighted by molar-refractivity contribution is 0.0939. The third kappa shape index (κ3) is 4.21. The number of hydrogen-bond acceptors (Lipinski definition) is 3. The summed E-state index contributed by atoms with van der Waals surface area (Å²) in [5.74, 6) is -0.380. The minimum absolute atomic E-state index is 0.289. The molecule has 34 heavy (non-hydrogen) atoms. The molecule has 0 unspecified atom stereocenters. The lowest BCUT2D eigenvalue weighted by atomic mass is 10.1. The largest absolute Gasteiger partial charge is 0.353 e. The summed E-state index contributed by atoms with van der Waals surface area (Å²) in [5, 5.41) is 5.37. The highest BCUT2D eigenvalue weighted by molar-refractivity contribution is 7.80. The third-order valence-electron chi connectivity index (χ3n) is 5.70. The van der Waals surface area contributed by atoms with E-state index < -0.39 is 0 Å². The number of para-hydroxylation sites is 1. The average Bonchev–Trinajstić information content (AvgIpc) is 3.23. The van der Waals surface area contributed by atoms with E-state index in [0.29, 0.717) is 0 Å². The number of nitrogens with one attached hydrogen (secondary N) is 4. The third-order valence-corrected chi connectivity index (χ3v) is 5.90. The first-order valence-electron chi connectivity index (χ1n) is 10.9. The number of hydrazine groups is 1. The molecular weight excluding hydrogens is 442 g/mol. The molecule has 0 saturated carbocycles. The Morgan fingerprint density at radius 3 is 2.44 bits per heavy atom. The zero-order chi connectivity index (χ0) is 23.7. The molecule has 0 bridgehead atoms. The van der Waals surface area contributed by atoms with Crippen LogP contribution in [-0.2, 0) is 0 Å². The van der Waals surface area contributed by atoms with Crippen LogP contribution in [0.3, 0.4) is 0 Å². The molecule has 0 saturated heterocycles. The van der Waals surface area contributed by atoms with E-state index in [1.54, 1.807) is 6.07 Å². The highest BCUT2D eigenvalue weighted by Gasteiger charge is 2.17. The molecule has 4 N–H and O–H groups in total. The van der Waals surface area contributed by atoms with E-state index in [9.17, 15) is 4.79 Å². The van der Waals surface area contributed by atoms with Crippen molar-refractivity contribution in [2.24, 2.45) is 0 Å². The molecule has 5 rings (SSSR count). The summed E-state index contributed by atoms with van der Waals surface area (Å²) in [5.41, 5.74) is 12.4. The average molecular weight is 466 g/mol. The number of aryl methyl sites for hydroxylation is 2. The molecule has 0 aliphatic heterocycles. The van der Waals surface area contributed by atoms with Crippen LogP contribution in [0.25, 0.3) is 33.1 Å². The highest BCUT2D eigenvalue weighted by atomic mass is 32.1. The molecule has 0 radical (unpaired) electrons. The van der Waals surface area contributed by atoms with Gasteiger partial charge in [-0.3, -0.25) is 15.6 Å². The Morgan fingerprint density at radius 2 is 1.65 bits per heavy atom. The van der Waals surface area contributed by atoms with Gasteiger partial charge in [0, 0.05) is 27.5 Å². The van der Waals surface area contributed by atoms with Crippen LogP contribution < -0.4 is 16.2 Å². The van der Waals surface area contributed by atoms with E-state index in [0.717, 1.165) is 44.3 Å². The fourth-order valence-corrected chi connectivity index (χ4v) is 4.21. The molecule has 1 amide bonds. The van der Waals surface area contributed by atoms with Crippen molar-refractivity contribution < 1.29 is 4.79 Å². The first-order chi connectivity index (χ1) is 16.5. The van der Waals surface area contributed by atoms with Crippen LogP contribution in [0.15, 0.2) is 78.9 Å². The monoisotopic (exact) mass is 465 g/mol. The summed E-state index contributed by atoms with van der Waals surface area (Å²) in [4.78, 5) is 21.2. The molecule has 0 aliphatic rings. The van der Waals surface area contributed by atoms with Crippen molar-refractivity contribution in [3.63, 3.8) is 0 Å². The van der Waals surface area contributed by atoms with Crippen LogP contribution in [0.4, 0.5) is 5.69 Å². The molecule has 0 fully saturated rings. The van der Waals surface area contributed by atoms with Crippen LogP contribution >= 0.6 is 12.2 Å². The normalized spacial score (nSPS) is 10.9. The number of pyridine rings is 1. The SMILES string of the molecule is Cc1ccc(NC(=S)NNC(=O)c2cc3c([nH]c4ccccc43)c(-c3ccccc3)n2)c(C)c1. The minimum Gasteiger partial charge on any atom is -0.353 e. The number of carbonyl (C=O) groups excluding carboxylic acids is 1. The van der Waals surface area contributed by atoms with Crippen molar-refractivity contribution >= 4 is 50.7 Å². The van der Waals surface area contributed by atoms with E-state index in [1.807, 2.05) is 80.6 Å². The van der Waals surface area contributed by atoms with Crippen molar-refractivity contribution in [1.82, 2.24) is 20.8 Å². The van der Waals surface area contributed by atoms with E-state index >= 15 is 0 Å². The van der Waals surface area contributed by atoms with Gasteiger partial charge in [-0.1, -0.05) is 66.2 Å². The zero-order valence-corrected chi connectivity index (χ0v) is 19.6. The predicted octanol–water partition coefficient (Wildman–Crippen LogP) is 5.63. The number of hydrogen-bond donors (Lipinski definition) is 4. The number of thiocarbonyl (C=S) groups is 1. The molecule has 0 spiro atoms. The van der Waals surface area contributed by atoms with Gasteiger partial charge in [-0.05, 0) is 49.8 Å². The van der Waals surface area contributed by atoms with E-state index in [1.165, 1.54) is 5.56 Å². The molecule has 2 aromatic heterocycles. The number of fused-ring (bicyclic) bond motifs is 3. The number of anilines is 1. The Bertz CT molecular complexity index is 1540. The number of carbonyl (C=O) groups is 1. The maximum absolute atomic E-state index is 13.1. The van der Waals surface area contributed by atoms with E-state index in [4.69, 9.17) is 17.2 Å². The second kappa shape index (κ2) is 8.96. The number of amides is 1. The van der Waals surface area contributed by atoms with E-state index in [2.05, 4.69) is 27.2 Å². The lowest BCUT2D eigenvalue weighted by Crippen LogP contribution is -2.44. The van der Waals surface area contributed by atoms with Crippen LogP contribution in [-0.4, -0.2) is 21.0 Å². The molecule has 5 aromatic rings. The van der Waals surface area contributed by atoms with Crippen molar-refractivity contribution in [1.29, 1.82) is 0 Å². The van der Waals surface area contributed by atoms with Crippen molar-refractivity contribution in [2.75, 3.05) is 5.32 Å². The summed E-state index contributed by atoms with van der Waals surface area (Å²) in [6.07, 6.45) is 0. The van der Waals surface area contributed by atoms with Crippen LogP contribution in [0, 0.1) is 13.8 Å². The molecule has 6 nitrogen and oxygen atoms in total. The Hall–Kier alpha value is -4.23. The predicted molar refractivity (Wildman–Crippen MR) is 142 cm³/mol. The van der Waals surface area contributed by atoms with Crippen molar-refractivity contribution in [3.05, 3.63) is 95.7 Å². The molecular formula is C27H23N5OS. The Balaban J connectivity index is 1.44. The van der Waals surface area contributed by atoms with Crippen LogP contribution in [0.1, 0.15) is 21.6 Å². The number of benzene rings is 3. The smallest absolute Gasteiger partial charge is 0.288 e. The second-order valence-corrected chi connectivity index (χ2v) is 8.58. The highest BCUT2D eigenvalue weighted by Crippen LogP contribution is 2.32. The van der Waals surface area contributed by atoms with Gasteiger partial charge < -0.3 is 10.3 Å². The minimum atomic E-state index is -0.380. The van der Waals surface area contributed by atoms with Crippen LogP contribution in [0.5, 0.6) is 0 Å². The second-order valence-electron chi connectivity index (χ2n) is 8.17. The molecule has 2 heterocycles. The summed E-state index contributed by atoms with van der Waals surface area (Å²) in [6.45, 7) is 4.04. The summed E-state index contributed by atoms with van der Waals surface area (Å²) >= 11 is 5.36. The van der Waals surface area contributed by atoms with Gasteiger partial charge in [0.1, 0.15) is 5.69 Å². The topological polar surface area (TPSA) is 81.8 Å². The van der Waals surface area contributed by atoms with Crippen LogP contribution in [0.2, 0.25) is 0 Å². The van der Waals surface area contributed by atoms with Gasteiger partial charge >= 0.3 is 0 Å². The van der Waals surface area contributed by atoms with Crippen molar-refractivity contribution in [2.45, 2.75) is 13.8 Å². The molecule has 7 heteroatoms. The van der Waals surface area contributed by atoms with Gasteiger partial charge in [0.05, 0.1) is 11.2 Å². The number of H-pyrrole nitrogens is 1. The first kappa shape index (κ1) is 21.6. The van der Waals surface area contributed by atoms with Gasteiger partial charge in [0.25, 0.3) is 5.91 Å². The summed E-state index contributed by atoms with van der Waals surface area (Å²) < 4.78 is 0. The number of aromatic nitrogens is 2. The maximum atomic E-state index is 13.1. The number of rotatable bonds is 3. The molecule has 3 aromatic carbocycles. The molecule has 0 atom stereocenters. The number of nitrogens with zero attached hydrogens (tertiary/aromatic N) is 1. The quantitative estimate of drug-likeness (QED) is 0.205. The standard InChI is InChI=1S/C27H23N5OS/c1-16-12-13-21(17(2)14-16)30-27(34)32-31-26(33)23-15-20-19-10-6-7-11-22(19)28-25(20)24(29-23)18-8-4-3-5-9-18/h3-15,28H,1-2H3,(H,31,33)(H2,30,32,34). The Kier molecular flexibility index (Phi) is 5.69. The molecule has 0 aliphatic carbocycles. The van der Waals surface area contributed by atoms with Crippen molar-refractivity contribution in [3.8, 4) is 11.3 Å². The Morgan fingerprint density at radius 1 is 0.882 bits per heavy atom. The zero-order valence-electron chi connectivity index (χ0n) is 18.8. The van der Waals surface area contributed by atoms with Gasteiger partial charge in [-0.15, -0.1) is 0 Å². The lowest BCUT2D eigenvalue weighted by Gasteiger charge is -2.14. The fourth-order valence-electron chi connectivity index (χ4n) is 4.05. The van der Waals surface area contributed by atoms with E-state index in [-0.39, 0.29) is 16.7 Å². The van der Waals surface area contributed by atoms with Gasteiger partial charge in [-0.2, -0.15) is 0 Å². The van der Waals surface area contributed by atoms with Gasteiger partial charge in [0.15, 0.2) is 5.11 Å². The molecule has 168 valence electrons. The Labute approximate surface area is 202 Å². The maximum Gasteiger partial charge on any atom is 0.288 e. The van der Waals surface area contributed by atoms with Gasteiger partial charge in [0.2, 0.25) is 0 Å². The summed E-state index contributed by atoms with van der Waals surface area (Å²) in [6, 6.07) is 25.7. The summed E-state index contributed by atoms with van der Waals surface area (Å²) in [7, 11) is 0. The number of aromatic amines is 1. The fraction of sp³-hybridized carbons (Fsp3) is 0.0741. The van der Waals surface area contributed by atoms with Gasteiger partial charge in [-0.25, -0.2) is 4.98 Å².